The zero-order valence-electron chi connectivity index (χ0n) is 7.65. The molecule has 0 spiro atoms. The molecule has 1 aliphatic rings. The van der Waals surface area contributed by atoms with Crippen molar-refractivity contribution in [3.8, 4) is 0 Å². The second-order valence-electron chi connectivity index (χ2n) is 3.73. The van der Waals surface area contributed by atoms with Gasteiger partial charge in [-0.3, -0.25) is 0 Å². The maximum Gasteiger partial charge on any atom is 0.0617 e. The van der Waals surface area contributed by atoms with Gasteiger partial charge in [-0.25, -0.2) is 4.37 Å². The summed E-state index contributed by atoms with van der Waals surface area (Å²) in [6, 6.07) is 2.05. The van der Waals surface area contributed by atoms with Crippen LogP contribution in [0.25, 0.3) is 0 Å². The number of aliphatic hydroxyl groups is 1. The second kappa shape index (κ2) is 4.20. The molecule has 1 heterocycles. The predicted molar refractivity (Wildman–Crippen MR) is 53.9 cm³/mol. The summed E-state index contributed by atoms with van der Waals surface area (Å²) in [6.07, 6.45) is 7.48. The maximum absolute atomic E-state index is 9.90. The Morgan fingerprint density at radius 3 is 2.92 bits per heavy atom. The summed E-state index contributed by atoms with van der Waals surface area (Å²) in [7, 11) is 0. The van der Waals surface area contributed by atoms with E-state index in [2.05, 4.69) is 4.37 Å². The van der Waals surface area contributed by atoms with Crippen molar-refractivity contribution in [1.29, 1.82) is 0 Å². The lowest BCUT2D eigenvalue weighted by atomic mass is 9.96. The third-order valence-electron chi connectivity index (χ3n) is 2.80. The molecule has 2 nitrogen and oxygen atoms in total. The van der Waals surface area contributed by atoms with Gasteiger partial charge < -0.3 is 5.11 Å². The number of aliphatic hydroxyl groups excluding tert-OH is 1. The molecule has 1 aromatic heterocycles. The molecule has 1 N–H and O–H groups in total. The minimum absolute atomic E-state index is 0.136. The standard InChI is InChI=1S/C10H15NOS/c12-9-5-3-1-2-4-8(9)10-6-7-11-13-10/h6-9,12H,1-5H2. The van der Waals surface area contributed by atoms with E-state index in [1.54, 1.807) is 0 Å². The van der Waals surface area contributed by atoms with Crippen LogP contribution in [0.5, 0.6) is 0 Å². The molecule has 1 saturated carbocycles. The van der Waals surface area contributed by atoms with Crippen molar-refractivity contribution in [3.05, 3.63) is 17.1 Å². The second-order valence-corrected chi connectivity index (χ2v) is 4.59. The molecule has 0 amide bonds. The van der Waals surface area contributed by atoms with Crippen LogP contribution in [0.3, 0.4) is 0 Å². The first-order valence-electron chi connectivity index (χ1n) is 4.96. The Hall–Kier alpha value is -0.410. The van der Waals surface area contributed by atoms with E-state index in [1.165, 1.54) is 35.7 Å². The Morgan fingerprint density at radius 2 is 2.15 bits per heavy atom. The molecule has 0 saturated heterocycles. The van der Waals surface area contributed by atoms with Crippen LogP contribution in [0.2, 0.25) is 0 Å². The highest BCUT2D eigenvalue weighted by Gasteiger charge is 2.23. The van der Waals surface area contributed by atoms with Gasteiger partial charge in [-0.2, -0.15) is 0 Å². The van der Waals surface area contributed by atoms with Crippen LogP contribution in [0.4, 0.5) is 0 Å². The molecular formula is C10H15NOS. The summed E-state index contributed by atoms with van der Waals surface area (Å²) in [5.74, 6) is 0.356. The van der Waals surface area contributed by atoms with Crippen molar-refractivity contribution in [2.24, 2.45) is 0 Å². The lowest BCUT2D eigenvalue weighted by Crippen LogP contribution is -2.15. The van der Waals surface area contributed by atoms with Gasteiger partial charge in [-0.15, -0.1) is 0 Å². The van der Waals surface area contributed by atoms with Crippen LogP contribution >= 0.6 is 11.5 Å². The third-order valence-corrected chi connectivity index (χ3v) is 3.68. The van der Waals surface area contributed by atoms with Crippen LogP contribution in [-0.4, -0.2) is 15.6 Å². The fourth-order valence-electron chi connectivity index (χ4n) is 2.04. The summed E-state index contributed by atoms with van der Waals surface area (Å²) in [5, 5.41) is 9.90. The summed E-state index contributed by atoms with van der Waals surface area (Å²) < 4.78 is 4.09. The van der Waals surface area contributed by atoms with Gasteiger partial charge in [0, 0.05) is 17.0 Å². The zero-order valence-corrected chi connectivity index (χ0v) is 8.46. The largest absolute Gasteiger partial charge is 0.392 e. The van der Waals surface area contributed by atoms with Crippen LogP contribution in [0.15, 0.2) is 12.3 Å². The van der Waals surface area contributed by atoms with Gasteiger partial charge in [0.2, 0.25) is 0 Å². The summed E-state index contributed by atoms with van der Waals surface area (Å²) in [6.45, 7) is 0. The summed E-state index contributed by atoms with van der Waals surface area (Å²) >= 11 is 1.53. The minimum Gasteiger partial charge on any atom is -0.392 e. The van der Waals surface area contributed by atoms with Crippen LogP contribution < -0.4 is 0 Å². The quantitative estimate of drug-likeness (QED) is 0.702. The number of aromatic nitrogens is 1. The molecule has 13 heavy (non-hydrogen) atoms. The molecule has 1 fully saturated rings. The van der Waals surface area contributed by atoms with Gasteiger partial charge in [0.05, 0.1) is 6.10 Å². The summed E-state index contributed by atoms with van der Waals surface area (Å²) in [4.78, 5) is 1.26. The average molecular weight is 197 g/mol. The Balaban J connectivity index is 2.11. The van der Waals surface area contributed by atoms with Crippen LogP contribution in [-0.2, 0) is 0 Å². The Morgan fingerprint density at radius 1 is 1.31 bits per heavy atom. The van der Waals surface area contributed by atoms with Gasteiger partial charge in [0.15, 0.2) is 0 Å². The van der Waals surface area contributed by atoms with Crippen molar-refractivity contribution in [2.75, 3.05) is 0 Å². The normalized spacial score (nSPS) is 29.9. The van der Waals surface area contributed by atoms with Crippen molar-refractivity contribution in [2.45, 2.75) is 44.1 Å². The minimum atomic E-state index is -0.136. The fourth-order valence-corrected chi connectivity index (χ4v) is 2.81. The first kappa shape index (κ1) is 9.16. The van der Waals surface area contributed by atoms with E-state index >= 15 is 0 Å². The molecular weight excluding hydrogens is 182 g/mol. The van der Waals surface area contributed by atoms with Crippen molar-refractivity contribution < 1.29 is 5.11 Å². The smallest absolute Gasteiger partial charge is 0.0617 e. The average Bonchev–Trinajstić information content (AvgIpc) is 2.56. The van der Waals surface area contributed by atoms with Crippen LogP contribution in [0.1, 0.15) is 42.9 Å². The first-order valence-corrected chi connectivity index (χ1v) is 5.74. The number of hydrogen-bond acceptors (Lipinski definition) is 3. The van der Waals surface area contributed by atoms with Crippen molar-refractivity contribution >= 4 is 11.5 Å². The molecule has 0 aromatic carbocycles. The fraction of sp³-hybridized carbons (Fsp3) is 0.700. The molecule has 3 heteroatoms. The van der Waals surface area contributed by atoms with Gasteiger partial charge in [-0.05, 0) is 30.4 Å². The predicted octanol–water partition coefficient (Wildman–Crippen LogP) is 2.55. The van der Waals surface area contributed by atoms with E-state index in [1.807, 2.05) is 12.3 Å². The Bertz CT molecular complexity index is 247. The molecule has 2 rings (SSSR count). The number of hydrogen-bond donors (Lipinski definition) is 1. The SMILES string of the molecule is OC1CCCCCC1c1ccns1. The highest BCUT2D eigenvalue weighted by Crippen LogP contribution is 2.33. The number of rotatable bonds is 1. The van der Waals surface area contributed by atoms with E-state index < -0.39 is 0 Å². The van der Waals surface area contributed by atoms with Gasteiger partial charge in [0.25, 0.3) is 0 Å². The molecule has 2 atom stereocenters. The Labute approximate surface area is 82.8 Å². The van der Waals surface area contributed by atoms with E-state index in [9.17, 15) is 5.11 Å². The molecule has 0 aliphatic heterocycles. The molecule has 1 aromatic rings. The summed E-state index contributed by atoms with van der Waals surface area (Å²) in [5.41, 5.74) is 0. The maximum atomic E-state index is 9.90. The van der Waals surface area contributed by atoms with Crippen LogP contribution in [0, 0.1) is 0 Å². The monoisotopic (exact) mass is 197 g/mol. The third kappa shape index (κ3) is 2.09. The molecule has 0 bridgehead atoms. The topological polar surface area (TPSA) is 33.1 Å². The van der Waals surface area contributed by atoms with Gasteiger partial charge in [0.1, 0.15) is 0 Å². The van der Waals surface area contributed by atoms with Gasteiger partial charge >= 0.3 is 0 Å². The first-order chi connectivity index (χ1) is 6.38. The number of nitrogens with zero attached hydrogens (tertiary/aromatic N) is 1. The van der Waals surface area contributed by atoms with E-state index in [-0.39, 0.29) is 6.10 Å². The lowest BCUT2D eigenvalue weighted by molar-refractivity contribution is 0.136. The van der Waals surface area contributed by atoms with E-state index in [0.717, 1.165) is 12.8 Å². The van der Waals surface area contributed by atoms with Gasteiger partial charge in [-0.1, -0.05) is 19.3 Å². The molecule has 0 radical (unpaired) electrons. The Kier molecular flexibility index (Phi) is 2.96. The molecule has 1 aliphatic carbocycles. The lowest BCUT2D eigenvalue weighted by Gasteiger charge is -2.17. The van der Waals surface area contributed by atoms with E-state index in [0.29, 0.717) is 5.92 Å². The highest BCUT2D eigenvalue weighted by molar-refractivity contribution is 7.05. The van der Waals surface area contributed by atoms with Crippen molar-refractivity contribution in [3.63, 3.8) is 0 Å². The molecule has 2 unspecified atom stereocenters. The molecule has 72 valence electrons. The van der Waals surface area contributed by atoms with Crippen molar-refractivity contribution in [1.82, 2.24) is 4.37 Å². The highest BCUT2D eigenvalue weighted by atomic mass is 32.1. The van der Waals surface area contributed by atoms with E-state index in [4.69, 9.17) is 0 Å². The zero-order chi connectivity index (χ0) is 9.10.